The Balaban J connectivity index is 1.52. The van der Waals surface area contributed by atoms with Crippen molar-refractivity contribution in [2.75, 3.05) is 6.54 Å². The molecule has 2 aromatic carbocycles. The van der Waals surface area contributed by atoms with Gasteiger partial charge in [-0.05, 0) is 24.3 Å². The fraction of sp³-hybridized carbons (Fsp3) is 0.238. The molecule has 0 saturated carbocycles. The molecule has 1 aliphatic rings. The number of alkyl halides is 3. The van der Waals surface area contributed by atoms with Gasteiger partial charge in [0, 0.05) is 48.9 Å². The minimum Gasteiger partial charge on any atom is -0.294 e. The van der Waals surface area contributed by atoms with Crippen LogP contribution in [-0.4, -0.2) is 21.4 Å². The molecule has 30 heavy (non-hydrogen) atoms. The molecule has 0 spiro atoms. The van der Waals surface area contributed by atoms with Crippen LogP contribution in [0, 0.1) is 11.6 Å². The molecule has 0 amide bonds. The van der Waals surface area contributed by atoms with Gasteiger partial charge in [-0.2, -0.15) is 13.2 Å². The number of nitrogens with zero attached hydrogens (tertiary/aromatic N) is 3. The molecule has 9 heteroatoms. The molecule has 0 bridgehead atoms. The first-order chi connectivity index (χ1) is 14.2. The predicted molar refractivity (Wildman–Crippen MR) is 102 cm³/mol. The summed E-state index contributed by atoms with van der Waals surface area (Å²) in [4.78, 5) is 10.7. The van der Waals surface area contributed by atoms with Gasteiger partial charge in [-0.25, -0.2) is 18.7 Å². The van der Waals surface area contributed by atoms with Crippen molar-refractivity contribution in [1.82, 2.24) is 14.9 Å². The number of halogens is 6. The number of hydrogen-bond acceptors (Lipinski definition) is 3. The molecule has 0 atom stereocenters. The first-order valence-corrected chi connectivity index (χ1v) is 9.47. The van der Waals surface area contributed by atoms with E-state index in [1.54, 1.807) is 6.20 Å². The fourth-order valence-corrected chi connectivity index (χ4v) is 3.61. The highest BCUT2D eigenvalue weighted by molar-refractivity contribution is 6.31. The first kappa shape index (κ1) is 20.7. The Morgan fingerprint density at radius 3 is 2.40 bits per heavy atom. The molecule has 1 aliphatic heterocycles. The van der Waals surface area contributed by atoms with Crippen LogP contribution in [0.4, 0.5) is 22.0 Å². The van der Waals surface area contributed by atoms with Crippen LogP contribution in [0.1, 0.15) is 22.4 Å². The summed E-state index contributed by atoms with van der Waals surface area (Å²) in [5.74, 6) is -0.897. The van der Waals surface area contributed by atoms with E-state index < -0.39 is 23.4 Å². The van der Waals surface area contributed by atoms with Crippen LogP contribution >= 0.6 is 11.6 Å². The van der Waals surface area contributed by atoms with E-state index in [9.17, 15) is 22.0 Å². The molecular formula is C21H15ClF5N3. The summed E-state index contributed by atoms with van der Waals surface area (Å²) in [5.41, 5.74) is 1.46. The summed E-state index contributed by atoms with van der Waals surface area (Å²) in [6.45, 7) is 1.11. The fourth-order valence-electron chi connectivity index (χ4n) is 3.39. The van der Waals surface area contributed by atoms with E-state index in [4.69, 9.17) is 11.6 Å². The quantitative estimate of drug-likeness (QED) is 0.390. The Morgan fingerprint density at radius 2 is 1.70 bits per heavy atom. The smallest absolute Gasteiger partial charge is 0.294 e. The Kier molecular flexibility index (Phi) is 5.46. The van der Waals surface area contributed by atoms with E-state index in [1.807, 2.05) is 4.90 Å². The topological polar surface area (TPSA) is 29.0 Å². The zero-order valence-electron chi connectivity index (χ0n) is 15.5. The largest absolute Gasteiger partial charge is 0.416 e. The summed E-state index contributed by atoms with van der Waals surface area (Å²) in [6, 6.07) is 6.72. The van der Waals surface area contributed by atoms with Crippen molar-refractivity contribution in [2.24, 2.45) is 0 Å². The van der Waals surface area contributed by atoms with E-state index in [-0.39, 0.29) is 17.1 Å². The van der Waals surface area contributed by atoms with Crippen molar-refractivity contribution in [3.63, 3.8) is 0 Å². The van der Waals surface area contributed by atoms with Crippen LogP contribution in [0.25, 0.3) is 11.4 Å². The molecule has 0 radical (unpaired) electrons. The van der Waals surface area contributed by atoms with Crippen molar-refractivity contribution >= 4 is 11.6 Å². The Labute approximate surface area is 174 Å². The molecule has 0 unspecified atom stereocenters. The first-order valence-electron chi connectivity index (χ1n) is 9.09. The lowest BCUT2D eigenvalue weighted by molar-refractivity contribution is -0.137. The lowest BCUT2D eigenvalue weighted by Gasteiger charge is -2.28. The molecule has 156 valence electrons. The highest BCUT2D eigenvalue weighted by atomic mass is 35.5. The average Bonchev–Trinajstić information content (AvgIpc) is 2.73. The Bertz CT molecular complexity index is 1080. The van der Waals surface area contributed by atoms with Crippen LogP contribution in [0.3, 0.4) is 0 Å². The average molecular weight is 440 g/mol. The van der Waals surface area contributed by atoms with Crippen molar-refractivity contribution in [3.8, 4) is 11.4 Å². The summed E-state index contributed by atoms with van der Waals surface area (Å²) in [6.07, 6.45) is -2.24. The molecule has 0 aliphatic carbocycles. The maximum absolute atomic E-state index is 14.1. The summed E-state index contributed by atoms with van der Waals surface area (Å²) < 4.78 is 65.9. The molecule has 2 heterocycles. The van der Waals surface area contributed by atoms with E-state index in [2.05, 4.69) is 9.97 Å². The third kappa shape index (κ3) is 4.15. The highest BCUT2D eigenvalue weighted by Gasteiger charge is 2.30. The minimum absolute atomic E-state index is 0.0995. The number of hydrogen-bond donors (Lipinski definition) is 0. The van der Waals surface area contributed by atoms with Gasteiger partial charge in [0.05, 0.1) is 16.3 Å². The summed E-state index contributed by atoms with van der Waals surface area (Å²) >= 11 is 5.91. The predicted octanol–water partition coefficient (Wildman–Crippen LogP) is 5.65. The van der Waals surface area contributed by atoms with E-state index in [0.29, 0.717) is 30.9 Å². The standard InChI is InChI=1S/C21H15ClF5N3/c22-19-15(16(23)5-6-17(19)24)11-30-8-7-18-13(10-30)9-28-20(29-18)12-1-3-14(4-2-12)21(25,26)27/h1-6,9H,7-8,10-11H2. The van der Waals surface area contributed by atoms with E-state index >= 15 is 0 Å². The van der Waals surface area contributed by atoms with Crippen LogP contribution in [0.5, 0.6) is 0 Å². The van der Waals surface area contributed by atoms with Crippen molar-refractivity contribution in [2.45, 2.75) is 25.7 Å². The number of benzene rings is 2. The lowest BCUT2D eigenvalue weighted by atomic mass is 10.0. The zero-order chi connectivity index (χ0) is 21.5. The van der Waals surface area contributed by atoms with Gasteiger partial charge >= 0.3 is 6.18 Å². The van der Waals surface area contributed by atoms with Gasteiger partial charge in [0.2, 0.25) is 0 Å². The second-order valence-corrected chi connectivity index (χ2v) is 7.40. The molecule has 3 nitrogen and oxygen atoms in total. The summed E-state index contributed by atoms with van der Waals surface area (Å²) in [7, 11) is 0. The Hall–Kier alpha value is -2.58. The van der Waals surface area contributed by atoms with Crippen LogP contribution < -0.4 is 0 Å². The second kappa shape index (κ2) is 7.92. The van der Waals surface area contributed by atoms with Crippen molar-refractivity contribution in [3.05, 3.63) is 81.6 Å². The van der Waals surface area contributed by atoms with Crippen molar-refractivity contribution in [1.29, 1.82) is 0 Å². The maximum Gasteiger partial charge on any atom is 0.416 e. The van der Waals surface area contributed by atoms with E-state index in [1.165, 1.54) is 12.1 Å². The Morgan fingerprint density at radius 1 is 1.00 bits per heavy atom. The van der Waals surface area contributed by atoms with Gasteiger partial charge in [-0.15, -0.1) is 0 Å². The van der Waals surface area contributed by atoms with Crippen LogP contribution in [0.15, 0.2) is 42.6 Å². The molecule has 3 aromatic rings. The maximum atomic E-state index is 14.1. The zero-order valence-corrected chi connectivity index (χ0v) is 16.2. The molecular weight excluding hydrogens is 425 g/mol. The molecule has 0 fully saturated rings. The molecule has 4 rings (SSSR count). The van der Waals surface area contributed by atoms with Gasteiger partial charge in [0.1, 0.15) is 11.6 Å². The number of fused-ring (bicyclic) bond motifs is 1. The second-order valence-electron chi connectivity index (χ2n) is 7.02. The normalized spacial score (nSPS) is 14.6. The van der Waals surface area contributed by atoms with Crippen LogP contribution in [0.2, 0.25) is 5.02 Å². The van der Waals surface area contributed by atoms with Crippen LogP contribution in [-0.2, 0) is 25.7 Å². The third-order valence-corrected chi connectivity index (χ3v) is 5.41. The highest BCUT2D eigenvalue weighted by Crippen LogP contribution is 2.31. The monoisotopic (exact) mass is 439 g/mol. The SMILES string of the molecule is Fc1ccc(F)c(CN2CCc3nc(-c4ccc(C(F)(F)F)cc4)ncc3C2)c1Cl. The third-order valence-electron chi connectivity index (χ3n) is 5.00. The lowest BCUT2D eigenvalue weighted by Crippen LogP contribution is -2.31. The van der Waals surface area contributed by atoms with Gasteiger partial charge in [0.15, 0.2) is 5.82 Å². The molecule has 1 aromatic heterocycles. The number of rotatable bonds is 3. The van der Waals surface area contributed by atoms with Gasteiger partial charge < -0.3 is 0 Å². The van der Waals surface area contributed by atoms with Gasteiger partial charge in [-0.3, -0.25) is 4.90 Å². The summed E-state index contributed by atoms with van der Waals surface area (Å²) in [5, 5.41) is -0.227. The van der Waals surface area contributed by atoms with E-state index in [0.717, 1.165) is 35.5 Å². The van der Waals surface area contributed by atoms with Gasteiger partial charge in [0.25, 0.3) is 0 Å². The molecule has 0 saturated heterocycles. The minimum atomic E-state index is -4.40. The molecule has 0 N–H and O–H groups in total. The van der Waals surface area contributed by atoms with Crippen molar-refractivity contribution < 1.29 is 22.0 Å². The van der Waals surface area contributed by atoms with Gasteiger partial charge in [-0.1, -0.05) is 23.7 Å². The number of aromatic nitrogens is 2.